The van der Waals surface area contributed by atoms with E-state index in [2.05, 4.69) is 0 Å². The zero-order valence-electron chi connectivity index (χ0n) is 19.1. The molecule has 0 spiro atoms. The van der Waals surface area contributed by atoms with Crippen LogP contribution in [0, 0.1) is 18.6 Å². The summed E-state index contributed by atoms with van der Waals surface area (Å²) in [6, 6.07) is 9.32. The molecule has 2 aromatic carbocycles. The summed E-state index contributed by atoms with van der Waals surface area (Å²) >= 11 is 0. The van der Waals surface area contributed by atoms with Crippen LogP contribution in [0.1, 0.15) is 48.5 Å². The normalized spacial score (nSPS) is 17.6. The van der Waals surface area contributed by atoms with E-state index in [1.54, 1.807) is 31.2 Å². The Hall–Kier alpha value is -3.94. The molecule has 6 nitrogen and oxygen atoms in total. The fourth-order valence-corrected chi connectivity index (χ4v) is 4.11. The highest BCUT2D eigenvalue weighted by molar-refractivity contribution is 6.51. The van der Waals surface area contributed by atoms with Gasteiger partial charge in [0.25, 0.3) is 11.7 Å². The first-order valence-corrected chi connectivity index (χ1v) is 10.6. The largest absolute Gasteiger partial charge is 0.507 e. The van der Waals surface area contributed by atoms with Gasteiger partial charge in [-0.15, -0.1) is 0 Å². The van der Waals surface area contributed by atoms with Gasteiger partial charge in [-0.05, 0) is 60.9 Å². The molecule has 0 bridgehead atoms. The molecular formula is C26H23F2NO5. The second-order valence-electron chi connectivity index (χ2n) is 8.32. The minimum Gasteiger partial charge on any atom is -0.507 e. The number of anilines is 1. The molecule has 8 heteroatoms. The van der Waals surface area contributed by atoms with Gasteiger partial charge in [-0.3, -0.25) is 14.5 Å². The molecule has 0 radical (unpaired) electrons. The number of rotatable bonds is 5. The van der Waals surface area contributed by atoms with Crippen molar-refractivity contribution in [3.05, 3.63) is 88.4 Å². The third-order valence-corrected chi connectivity index (χ3v) is 5.77. The molecular weight excluding hydrogens is 444 g/mol. The number of aliphatic hydroxyl groups is 1. The van der Waals surface area contributed by atoms with Crippen LogP contribution in [-0.4, -0.2) is 23.9 Å². The van der Waals surface area contributed by atoms with Crippen LogP contribution in [0.5, 0.6) is 5.75 Å². The zero-order valence-corrected chi connectivity index (χ0v) is 19.1. The van der Waals surface area contributed by atoms with E-state index in [4.69, 9.17) is 9.15 Å². The van der Waals surface area contributed by atoms with Crippen molar-refractivity contribution >= 4 is 23.1 Å². The third-order valence-electron chi connectivity index (χ3n) is 5.77. The number of hydrogen-bond donors (Lipinski definition) is 1. The van der Waals surface area contributed by atoms with Gasteiger partial charge in [0.1, 0.15) is 40.7 Å². The van der Waals surface area contributed by atoms with Crippen molar-refractivity contribution < 1.29 is 32.6 Å². The van der Waals surface area contributed by atoms with Crippen LogP contribution in [0.2, 0.25) is 0 Å². The van der Waals surface area contributed by atoms with Gasteiger partial charge in [0.05, 0.1) is 18.4 Å². The Bertz CT molecular complexity index is 1320. The molecule has 1 unspecified atom stereocenters. The first kappa shape index (κ1) is 23.2. The fourth-order valence-electron chi connectivity index (χ4n) is 4.11. The Balaban J connectivity index is 1.96. The summed E-state index contributed by atoms with van der Waals surface area (Å²) < 4.78 is 39.7. The molecule has 1 atom stereocenters. The van der Waals surface area contributed by atoms with Crippen LogP contribution < -0.4 is 9.64 Å². The van der Waals surface area contributed by atoms with E-state index in [1.165, 1.54) is 13.2 Å². The number of nitrogens with zero attached hydrogens (tertiary/aromatic N) is 1. The maximum Gasteiger partial charge on any atom is 0.300 e. The van der Waals surface area contributed by atoms with Crippen molar-refractivity contribution in [1.82, 2.24) is 0 Å². The Morgan fingerprint density at radius 2 is 1.82 bits per heavy atom. The maximum atomic E-state index is 14.7. The molecule has 34 heavy (non-hydrogen) atoms. The quantitative estimate of drug-likeness (QED) is 0.299. The lowest BCUT2D eigenvalue weighted by Gasteiger charge is -2.24. The Morgan fingerprint density at radius 3 is 2.44 bits per heavy atom. The number of Topliss-reactive ketones (excluding diaryl/α,β-unsaturated/α-hetero) is 1. The third kappa shape index (κ3) is 3.85. The number of hydrogen-bond acceptors (Lipinski definition) is 5. The van der Waals surface area contributed by atoms with E-state index in [1.807, 2.05) is 13.8 Å². The zero-order chi connectivity index (χ0) is 24.7. The smallest absolute Gasteiger partial charge is 0.300 e. The van der Waals surface area contributed by atoms with Crippen molar-refractivity contribution in [3.8, 4) is 5.75 Å². The number of carbonyl (C=O) groups is 2. The topological polar surface area (TPSA) is 80.0 Å². The highest BCUT2D eigenvalue weighted by Crippen LogP contribution is 2.44. The first-order valence-electron chi connectivity index (χ1n) is 10.6. The molecule has 0 aliphatic carbocycles. The minimum atomic E-state index is -1.30. The fraction of sp³-hybridized carbons (Fsp3) is 0.231. The number of benzene rings is 2. The molecule has 1 fully saturated rings. The lowest BCUT2D eigenvalue weighted by atomic mass is 9.95. The lowest BCUT2D eigenvalue weighted by molar-refractivity contribution is -0.132. The number of halogens is 2. The summed E-state index contributed by atoms with van der Waals surface area (Å²) in [6.45, 7) is 5.55. The maximum absolute atomic E-state index is 14.7. The van der Waals surface area contributed by atoms with Crippen LogP contribution in [-0.2, 0) is 9.59 Å². The summed E-state index contributed by atoms with van der Waals surface area (Å²) in [5.41, 5.74) is 0.332. The van der Waals surface area contributed by atoms with Crippen molar-refractivity contribution in [2.24, 2.45) is 0 Å². The molecule has 176 valence electrons. The van der Waals surface area contributed by atoms with Crippen LogP contribution in [0.25, 0.3) is 5.76 Å². The summed E-state index contributed by atoms with van der Waals surface area (Å²) in [6.07, 6.45) is 0. The first-order chi connectivity index (χ1) is 16.1. The minimum absolute atomic E-state index is 0.0371. The van der Waals surface area contributed by atoms with E-state index in [0.717, 1.165) is 28.7 Å². The monoisotopic (exact) mass is 467 g/mol. The molecule has 1 N–H and O–H groups in total. The van der Waals surface area contributed by atoms with E-state index in [9.17, 15) is 23.5 Å². The van der Waals surface area contributed by atoms with Crippen LogP contribution in [0.15, 0.2) is 58.5 Å². The molecule has 2 heterocycles. The average Bonchev–Trinajstić information content (AvgIpc) is 3.35. The Morgan fingerprint density at radius 1 is 1.09 bits per heavy atom. The number of carbonyl (C=O) groups excluding carboxylic acids is 2. The number of aryl methyl sites for hydroxylation is 1. The van der Waals surface area contributed by atoms with Gasteiger partial charge < -0.3 is 14.3 Å². The van der Waals surface area contributed by atoms with Gasteiger partial charge in [-0.2, -0.15) is 0 Å². The highest BCUT2D eigenvalue weighted by atomic mass is 19.1. The van der Waals surface area contributed by atoms with Crippen LogP contribution in [0.3, 0.4) is 0 Å². The Kier molecular flexibility index (Phi) is 6.00. The Labute approximate surface area is 195 Å². The number of aliphatic hydroxyl groups excluding tert-OH is 1. The van der Waals surface area contributed by atoms with E-state index < -0.39 is 40.8 Å². The van der Waals surface area contributed by atoms with Crippen molar-refractivity contribution in [3.63, 3.8) is 0 Å². The van der Waals surface area contributed by atoms with Gasteiger partial charge >= 0.3 is 0 Å². The number of amides is 1. The van der Waals surface area contributed by atoms with Crippen molar-refractivity contribution in [2.45, 2.75) is 32.7 Å². The van der Waals surface area contributed by atoms with Crippen LogP contribution in [0.4, 0.5) is 14.5 Å². The molecule has 0 saturated carbocycles. The predicted molar refractivity (Wildman–Crippen MR) is 122 cm³/mol. The molecule has 1 aromatic heterocycles. The van der Waals surface area contributed by atoms with E-state index in [0.29, 0.717) is 11.5 Å². The van der Waals surface area contributed by atoms with Gasteiger partial charge in [0.15, 0.2) is 0 Å². The molecule has 4 rings (SSSR count). The van der Waals surface area contributed by atoms with Crippen molar-refractivity contribution in [1.29, 1.82) is 0 Å². The summed E-state index contributed by atoms with van der Waals surface area (Å²) in [7, 11) is 1.53. The summed E-state index contributed by atoms with van der Waals surface area (Å²) in [5, 5.41) is 11.2. The number of ketones is 1. The van der Waals surface area contributed by atoms with Gasteiger partial charge in [-0.1, -0.05) is 13.8 Å². The SMILES string of the molecule is COc1ccc(/C(O)=C2/C(=O)C(=O)N(c3cc(F)ccc3F)C2c2ccc(C)o2)cc1C(C)C. The second kappa shape index (κ2) is 8.78. The molecule has 1 aliphatic heterocycles. The molecule has 3 aromatic rings. The number of methoxy groups -OCH3 is 1. The second-order valence-corrected chi connectivity index (χ2v) is 8.32. The summed E-state index contributed by atoms with van der Waals surface area (Å²) in [5.74, 6) is -3.05. The molecule has 1 aliphatic rings. The van der Waals surface area contributed by atoms with Gasteiger partial charge in [-0.25, -0.2) is 8.78 Å². The highest BCUT2D eigenvalue weighted by Gasteiger charge is 2.49. The van der Waals surface area contributed by atoms with Gasteiger partial charge in [0.2, 0.25) is 0 Å². The number of furan rings is 1. The molecule has 1 amide bonds. The van der Waals surface area contributed by atoms with Crippen molar-refractivity contribution in [2.75, 3.05) is 12.0 Å². The standard InChI is InChI=1S/C26H23F2NO5/c1-13(2)17-11-15(6-10-20(17)33-4)24(30)22-23(21-9-5-14(3)34-21)29(26(32)25(22)31)19-12-16(27)7-8-18(19)28/h5-13,23,30H,1-4H3/b24-22-. The van der Waals surface area contributed by atoms with Gasteiger partial charge in [0, 0.05) is 11.6 Å². The average molecular weight is 467 g/mol. The predicted octanol–water partition coefficient (Wildman–Crippen LogP) is 5.62. The van der Waals surface area contributed by atoms with Crippen LogP contribution >= 0.6 is 0 Å². The van der Waals surface area contributed by atoms with E-state index in [-0.39, 0.29) is 22.8 Å². The summed E-state index contributed by atoms with van der Waals surface area (Å²) in [4.78, 5) is 27.0. The van der Waals surface area contributed by atoms with E-state index >= 15 is 0 Å². The molecule has 1 saturated heterocycles. The lowest BCUT2D eigenvalue weighted by Crippen LogP contribution is -2.30. The number of ether oxygens (including phenoxy) is 1.